The van der Waals surface area contributed by atoms with Crippen LogP contribution in [0.5, 0.6) is 0 Å². The second-order valence-electron chi connectivity index (χ2n) is 6.05. The molecule has 0 bridgehead atoms. The molecule has 0 aromatic heterocycles. The standard InChI is InChI=1S/C21H25N3O/c1-3-8-18-11-13-19(14-12-18)23-17(2)21(25)24(16-7-15-22)20-9-5-4-6-10-20/h4-6,9-14,17,23H,3,7-8,16H2,1-2H3. The number of amides is 1. The fourth-order valence-corrected chi connectivity index (χ4v) is 2.74. The first-order valence-corrected chi connectivity index (χ1v) is 8.74. The van der Waals surface area contributed by atoms with Crippen molar-refractivity contribution in [3.8, 4) is 6.07 Å². The molecule has 4 nitrogen and oxygen atoms in total. The molecule has 0 aliphatic rings. The zero-order valence-electron chi connectivity index (χ0n) is 14.9. The minimum atomic E-state index is -0.379. The summed E-state index contributed by atoms with van der Waals surface area (Å²) in [6.07, 6.45) is 2.48. The summed E-state index contributed by atoms with van der Waals surface area (Å²) in [5.74, 6) is -0.0425. The Balaban J connectivity index is 2.08. The molecule has 0 radical (unpaired) electrons. The van der Waals surface area contributed by atoms with Gasteiger partial charge >= 0.3 is 0 Å². The molecule has 2 aromatic carbocycles. The van der Waals surface area contributed by atoms with E-state index in [0.717, 1.165) is 24.2 Å². The van der Waals surface area contributed by atoms with Crippen LogP contribution >= 0.6 is 0 Å². The third-order valence-electron chi connectivity index (χ3n) is 4.03. The van der Waals surface area contributed by atoms with Crippen molar-refractivity contribution in [2.24, 2.45) is 0 Å². The Bertz CT molecular complexity index is 704. The molecule has 130 valence electrons. The monoisotopic (exact) mass is 335 g/mol. The van der Waals surface area contributed by atoms with Gasteiger partial charge in [-0.05, 0) is 43.2 Å². The van der Waals surface area contributed by atoms with Gasteiger partial charge in [0.25, 0.3) is 0 Å². The molecular weight excluding hydrogens is 310 g/mol. The van der Waals surface area contributed by atoms with Crippen LogP contribution in [0.3, 0.4) is 0 Å². The van der Waals surface area contributed by atoms with Crippen molar-refractivity contribution in [3.63, 3.8) is 0 Å². The van der Waals surface area contributed by atoms with Gasteiger partial charge in [-0.3, -0.25) is 4.79 Å². The maximum absolute atomic E-state index is 12.9. The third-order valence-corrected chi connectivity index (χ3v) is 4.03. The molecule has 0 spiro atoms. The average Bonchev–Trinajstić information content (AvgIpc) is 2.64. The summed E-state index contributed by atoms with van der Waals surface area (Å²) in [4.78, 5) is 14.6. The molecule has 2 aromatic rings. The van der Waals surface area contributed by atoms with Crippen LogP contribution in [-0.4, -0.2) is 18.5 Å². The summed E-state index contributed by atoms with van der Waals surface area (Å²) in [6.45, 7) is 4.40. The number of hydrogen-bond acceptors (Lipinski definition) is 3. The highest BCUT2D eigenvalue weighted by atomic mass is 16.2. The van der Waals surface area contributed by atoms with E-state index in [0.29, 0.717) is 13.0 Å². The number of benzene rings is 2. The molecule has 1 amide bonds. The highest BCUT2D eigenvalue weighted by Crippen LogP contribution is 2.17. The SMILES string of the molecule is CCCc1ccc(NC(C)C(=O)N(CCC#N)c2ccccc2)cc1. The molecule has 0 aliphatic heterocycles. The Labute approximate surface area is 150 Å². The Morgan fingerprint density at radius 3 is 2.44 bits per heavy atom. The van der Waals surface area contributed by atoms with E-state index < -0.39 is 0 Å². The maximum atomic E-state index is 12.9. The zero-order chi connectivity index (χ0) is 18.1. The van der Waals surface area contributed by atoms with Gasteiger partial charge in [0.1, 0.15) is 6.04 Å². The Hall–Kier alpha value is -2.80. The van der Waals surface area contributed by atoms with Gasteiger partial charge in [-0.25, -0.2) is 0 Å². The Kier molecular flexibility index (Phi) is 7.03. The lowest BCUT2D eigenvalue weighted by Crippen LogP contribution is -2.42. The van der Waals surface area contributed by atoms with E-state index in [-0.39, 0.29) is 11.9 Å². The van der Waals surface area contributed by atoms with Gasteiger partial charge in [0.05, 0.1) is 12.5 Å². The van der Waals surface area contributed by atoms with Crippen LogP contribution in [0.15, 0.2) is 54.6 Å². The molecule has 2 rings (SSSR count). The van der Waals surface area contributed by atoms with Gasteiger partial charge in [-0.1, -0.05) is 43.7 Å². The van der Waals surface area contributed by atoms with Crippen LogP contribution in [0.2, 0.25) is 0 Å². The van der Waals surface area contributed by atoms with E-state index in [1.165, 1.54) is 5.56 Å². The van der Waals surface area contributed by atoms with Crippen LogP contribution in [0.4, 0.5) is 11.4 Å². The Morgan fingerprint density at radius 1 is 1.16 bits per heavy atom. The smallest absolute Gasteiger partial charge is 0.249 e. The third kappa shape index (κ3) is 5.36. The van der Waals surface area contributed by atoms with Crippen molar-refractivity contribution in [3.05, 3.63) is 60.2 Å². The van der Waals surface area contributed by atoms with Crippen molar-refractivity contribution in [1.82, 2.24) is 0 Å². The zero-order valence-corrected chi connectivity index (χ0v) is 14.9. The van der Waals surface area contributed by atoms with Crippen LogP contribution in [0.25, 0.3) is 0 Å². The fraction of sp³-hybridized carbons (Fsp3) is 0.333. The summed E-state index contributed by atoms with van der Waals surface area (Å²) in [5, 5.41) is 12.1. The number of nitrogens with one attached hydrogen (secondary N) is 1. The first kappa shape index (κ1) is 18.5. The number of nitrogens with zero attached hydrogens (tertiary/aromatic N) is 2. The number of carbonyl (C=O) groups is 1. The molecule has 0 heterocycles. The molecule has 1 N–H and O–H groups in total. The highest BCUT2D eigenvalue weighted by Gasteiger charge is 2.21. The number of aryl methyl sites for hydroxylation is 1. The summed E-state index contributed by atoms with van der Waals surface area (Å²) in [7, 11) is 0. The van der Waals surface area contributed by atoms with Gasteiger partial charge in [0.2, 0.25) is 5.91 Å². The molecule has 0 saturated carbocycles. The van der Waals surface area contributed by atoms with E-state index in [2.05, 4.69) is 30.4 Å². The number of anilines is 2. The normalized spacial score (nSPS) is 11.4. The lowest BCUT2D eigenvalue weighted by molar-refractivity contribution is -0.119. The number of rotatable bonds is 8. The van der Waals surface area contributed by atoms with Crippen molar-refractivity contribution < 1.29 is 4.79 Å². The second-order valence-corrected chi connectivity index (χ2v) is 6.05. The largest absolute Gasteiger partial charge is 0.374 e. The maximum Gasteiger partial charge on any atom is 0.249 e. The number of hydrogen-bond donors (Lipinski definition) is 1. The molecule has 4 heteroatoms. The van der Waals surface area contributed by atoms with E-state index >= 15 is 0 Å². The summed E-state index contributed by atoms with van der Waals surface area (Å²) >= 11 is 0. The molecule has 0 aliphatic carbocycles. The minimum absolute atomic E-state index is 0.0425. The molecule has 0 saturated heterocycles. The van der Waals surface area contributed by atoms with Crippen molar-refractivity contribution in [2.75, 3.05) is 16.8 Å². The molecule has 1 unspecified atom stereocenters. The number of nitriles is 1. The van der Waals surface area contributed by atoms with E-state index in [1.54, 1.807) is 4.90 Å². The highest BCUT2D eigenvalue weighted by molar-refractivity contribution is 5.98. The summed E-state index contributed by atoms with van der Waals surface area (Å²) in [5.41, 5.74) is 3.04. The summed E-state index contributed by atoms with van der Waals surface area (Å²) in [6, 6.07) is 19.4. The summed E-state index contributed by atoms with van der Waals surface area (Å²) < 4.78 is 0. The minimum Gasteiger partial charge on any atom is -0.374 e. The van der Waals surface area contributed by atoms with Crippen LogP contribution < -0.4 is 10.2 Å². The van der Waals surface area contributed by atoms with Crippen LogP contribution in [0, 0.1) is 11.3 Å². The second kappa shape index (κ2) is 9.48. The first-order valence-electron chi connectivity index (χ1n) is 8.74. The lowest BCUT2D eigenvalue weighted by atomic mass is 10.1. The van der Waals surface area contributed by atoms with Gasteiger partial charge in [-0.2, -0.15) is 5.26 Å². The van der Waals surface area contributed by atoms with Crippen LogP contribution in [0.1, 0.15) is 32.3 Å². The van der Waals surface area contributed by atoms with Crippen molar-refractivity contribution >= 4 is 17.3 Å². The predicted molar refractivity (Wildman–Crippen MR) is 103 cm³/mol. The van der Waals surface area contributed by atoms with Gasteiger partial charge in [-0.15, -0.1) is 0 Å². The lowest BCUT2D eigenvalue weighted by Gasteiger charge is -2.26. The van der Waals surface area contributed by atoms with E-state index in [1.807, 2.05) is 49.4 Å². The molecule has 25 heavy (non-hydrogen) atoms. The molecular formula is C21H25N3O. The van der Waals surface area contributed by atoms with Crippen LogP contribution in [-0.2, 0) is 11.2 Å². The van der Waals surface area contributed by atoms with E-state index in [4.69, 9.17) is 5.26 Å². The fourth-order valence-electron chi connectivity index (χ4n) is 2.74. The van der Waals surface area contributed by atoms with Crippen molar-refractivity contribution in [1.29, 1.82) is 5.26 Å². The topological polar surface area (TPSA) is 56.1 Å². The number of para-hydroxylation sites is 1. The Morgan fingerprint density at radius 2 is 1.84 bits per heavy atom. The quantitative estimate of drug-likeness (QED) is 0.778. The first-order chi connectivity index (χ1) is 12.2. The molecule has 0 fully saturated rings. The van der Waals surface area contributed by atoms with E-state index in [9.17, 15) is 4.79 Å². The van der Waals surface area contributed by atoms with Crippen molar-refractivity contribution in [2.45, 2.75) is 39.2 Å². The van der Waals surface area contributed by atoms with Gasteiger partial charge in [0.15, 0.2) is 0 Å². The van der Waals surface area contributed by atoms with Gasteiger partial charge in [0, 0.05) is 17.9 Å². The van der Waals surface area contributed by atoms with Gasteiger partial charge < -0.3 is 10.2 Å². The number of carbonyl (C=O) groups excluding carboxylic acids is 1. The average molecular weight is 335 g/mol. The molecule has 1 atom stereocenters. The predicted octanol–water partition coefficient (Wildman–Crippen LogP) is 4.39.